The second-order valence-electron chi connectivity index (χ2n) is 4.82. The van der Waals surface area contributed by atoms with Gasteiger partial charge in [0.2, 0.25) is 5.91 Å². The third-order valence-corrected chi connectivity index (χ3v) is 4.46. The second-order valence-corrected chi connectivity index (χ2v) is 5.77. The molecule has 1 aliphatic rings. The lowest BCUT2D eigenvalue weighted by molar-refractivity contribution is -0.118. The number of hydrogen-bond donors (Lipinski definition) is 0. The van der Waals surface area contributed by atoms with Crippen molar-refractivity contribution < 1.29 is 9.59 Å². The van der Waals surface area contributed by atoms with Crippen molar-refractivity contribution in [2.75, 3.05) is 11.4 Å². The summed E-state index contributed by atoms with van der Waals surface area (Å²) in [5.41, 5.74) is 2.21. The smallest absolute Gasteiger partial charge is 0.227 e. The van der Waals surface area contributed by atoms with E-state index < -0.39 is 0 Å². The van der Waals surface area contributed by atoms with Crippen LogP contribution >= 0.6 is 11.3 Å². The molecule has 0 bridgehead atoms. The first-order chi connectivity index (χ1) is 9.75. The minimum absolute atomic E-state index is 0.0415. The molecule has 1 amide bonds. The van der Waals surface area contributed by atoms with Crippen molar-refractivity contribution in [1.29, 1.82) is 0 Å². The second kappa shape index (κ2) is 5.59. The third kappa shape index (κ3) is 2.51. The van der Waals surface area contributed by atoms with Gasteiger partial charge in [-0.2, -0.15) is 0 Å². The Bertz CT molecular complexity index is 634. The van der Waals surface area contributed by atoms with Gasteiger partial charge in [-0.05, 0) is 29.5 Å². The maximum Gasteiger partial charge on any atom is 0.227 e. The maximum atomic E-state index is 12.3. The molecule has 0 spiro atoms. The van der Waals surface area contributed by atoms with Crippen molar-refractivity contribution >= 4 is 28.7 Å². The highest BCUT2D eigenvalue weighted by molar-refractivity contribution is 7.12. The van der Waals surface area contributed by atoms with Crippen molar-refractivity contribution in [2.24, 2.45) is 0 Å². The van der Waals surface area contributed by atoms with Crippen LogP contribution in [0.5, 0.6) is 0 Å². The fourth-order valence-corrected chi connectivity index (χ4v) is 3.21. The van der Waals surface area contributed by atoms with E-state index in [1.165, 1.54) is 16.9 Å². The predicted molar refractivity (Wildman–Crippen MR) is 80.4 cm³/mol. The molecule has 1 aromatic heterocycles. The zero-order valence-corrected chi connectivity index (χ0v) is 11.9. The van der Waals surface area contributed by atoms with Crippen molar-refractivity contribution in [3.8, 4) is 0 Å². The minimum Gasteiger partial charge on any atom is -0.312 e. The van der Waals surface area contributed by atoms with Crippen LogP contribution in [0.3, 0.4) is 0 Å². The first-order valence-electron chi connectivity index (χ1n) is 6.70. The number of fused-ring (bicyclic) bond motifs is 1. The zero-order valence-electron chi connectivity index (χ0n) is 11.0. The number of carbonyl (C=O) groups excluding carboxylic acids is 2. The Labute approximate surface area is 121 Å². The fraction of sp³-hybridized carbons (Fsp3) is 0.250. The molecule has 3 rings (SSSR count). The molecular weight excluding hydrogens is 270 g/mol. The molecular formula is C16H15NO2S. The van der Waals surface area contributed by atoms with Gasteiger partial charge in [0.1, 0.15) is 0 Å². The van der Waals surface area contributed by atoms with Gasteiger partial charge in [-0.15, -0.1) is 11.3 Å². The highest BCUT2D eigenvalue weighted by Crippen LogP contribution is 2.28. The number of para-hydroxylation sites is 1. The lowest BCUT2D eigenvalue weighted by Gasteiger charge is -2.16. The molecule has 0 saturated carbocycles. The fourth-order valence-electron chi connectivity index (χ4n) is 2.51. The van der Waals surface area contributed by atoms with E-state index in [9.17, 15) is 9.59 Å². The Balaban J connectivity index is 1.62. The van der Waals surface area contributed by atoms with Crippen LogP contribution in [0, 0.1) is 0 Å². The van der Waals surface area contributed by atoms with Crippen molar-refractivity contribution in [3.63, 3.8) is 0 Å². The van der Waals surface area contributed by atoms with Gasteiger partial charge in [-0.3, -0.25) is 9.59 Å². The van der Waals surface area contributed by atoms with Crippen LogP contribution < -0.4 is 4.90 Å². The highest BCUT2D eigenvalue weighted by atomic mass is 32.1. The number of amides is 1. The molecule has 4 heteroatoms. The molecule has 2 aromatic rings. The Morgan fingerprint density at radius 2 is 1.95 bits per heavy atom. The van der Waals surface area contributed by atoms with Crippen molar-refractivity contribution in [3.05, 3.63) is 52.2 Å². The van der Waals surface area contributed by atoms with Crippen LogP contribution in [-0.2, 0) is 11.2 Å². The number of rotatable bonds is 4. The first kappa shape index (κ1) is 13.1. The number of benzene rings is 1. The van der Waals surface area contributed by atoms with E-state index in [0.29, 0.717) is 0 Å². The van der Waals surface area contributed by atoms with Crippen LogP contribution in [-0.4, -0.2) is 18.2 Å². The van der Waals surface area contributed by atoms with E-state index in [4.69, 9.17) is 0 Å². The summed E-state index contributed by atoms with van der Waals surface area (Å²) < 4.78 is 0. The number of thiophene rings is 1. The number of Topliss-reactive ketones (excluding diaryl/α,β-unsaturated/α-hetero) is 1. The number of ketones is 1. The average molecular weight is 285 g/mol. The summed E-state index contributed by atoms with van der Waals surface area (Å²) in [6.07, 6.45) is 1.48. The number of anilines is 1. The third-order valence-electron chi connectivity index (χ3n) is 3.55. The summed E-state index contributed by atoms with van der Waals surface area (Å²) in [6.45, 7) is 0.728. The Morgan fingerprint density at radius 3 is 2.75 bits per heavy atom. The minimum atomic E-state index is 0.0415. The Kier molecular flexibility index (Phi) is 3.65. The standard InChI is InChI=1S/C16H15NO2S/c18-14(15-6-3-11-20-15)7-8-16(19)17-10-9-12-4-1-2-5-13(12)17/h1-6,11H,7-10H2. The van der Waals surface area contributed by atoms with Gasteiger partial charge in [0, 0.05) is 25.1 Å². The first-order valence-corrected chi connectivity index (χ1v) is 7.58. The number of nitrogens with zero attached hydrogens (tertiary/aromatic N) is 1. The topological polar surface area (TPSA) is 37.4 Å². The molecule has 0 N–H and O–H groups in total. The van der Waals surface area contributed by atoms with E-state index in [-0.39, 0.29) is 24.5 Å². The van der Waals surface area contributed by atoms with Gasteiger partial charge in [0.15, 0.2) is 5.78 Å². The Hall–Kier alpha value is -1.94. The van der Waals surface area contributed by atoms with Crippen LogP contribution in [0.25, 0.3) is 0 Å². The van der Waals surface area contributed by atoms with Gasteiger partial charge in [0.05, 0.1) is 4.88 Å². The predicted octanol–water partition coefficient (Wildman–Crippen LogP) is 3.30. The van der Waals surface area contributed by atoms with E-state index in [2.05, 4.69) is 6.07 Å². The molecule has 0 saturated heterocycles. The van der Waals surface area contributed by atoms with Gasteiger partial charge in [-0.1, -0.05) is 24.3 Å². The van der Waals surface area contributed by atoms with Crippen LogP contribution in [0.4, 0.5) is 5.69 Å². The summed E-state index contributed by atoms with van der Waals surface area (Å²) >= 11 is 1.43. The number of hydrogen-bond acceptors (Lipinski definition) is 3. The summed E-state index contributed by atoms with van der Waals surface area (Å²) in [6, 6.07) is 11.6. The molecule has 2 heterocycles. The monoisotopic (exact) mass is 285 g/mol. The lowest BCUT2D eigenvalue weighted by atomic mass is 10.1. The summed E-state index contributed by atoms with van der Waals surface area (Å²) in [7, 11) is 0. The van der Waals surface area contributed by atoms with E-state index in [0.717, 1.165) is 23.5 Å². The van der Waals surface area contributed by atoms with Crippen LogP contribution in [0.1, 0.15) is 28.1 Å². The molecule has 0 aliphatic carbocycles. The van der Waals surface area contributed by atoms with Gasteiger partial charge in [-0.25, -0.2) is 0 Å². The van der Waals surface area contributed by atoms with Gasteiger partial charge in [0.25, 0.3) is 0 Å². The Morgan fingerprint density at radius 1 is 1.10 bits per heavy atom. The lowest BCUT2D eigenvalue weighted by Crippen LogP contribution is -2.29. The van der Waals surface area contributed by atoms with Gasteiger partial charge < -0.3 is 4.90 Å². The maximum absolute atomic E-state index is 12.3. The highest BCUT2D eigenvalue weighted by Gasteiger charge is 2.24. The summed E-state index contributed by atoms with van der Waals surface area (Å²) in [5.74, 6) is 0.0979. The summed E-state index contributed by atoms with van der Waals surface area (Å²) in [5, 5.41) is 1.88. The molecule has 0 unspecified atom stereocenters. The SMILES string of the molecule is O=C(CCC(=O)N1CCc2ccccc21)c1cccs1. The molecule has 1 aromatic carbocycles. The van der Waals surface area contributed by atoms with E-state index in [1.54, 1.807) is 4.90 Å². The van der Waals surface area contributed by atoms with Crippen LogP contribution in [0.2, 0.25) is 0 Å². The van der Waals surface area contributed by atoms with Crippen LogP contribution in [0.15, 0.2) is 41.8 Å². The molecule has 20 heavy (non-hydrogen) atoms. The molecule has 102 valence electrons. The van der Waals surface area contributed by atoms with E-state index in [1.807, 2.05) is 35.7 Å². The normalized spacial score (nSPS) is 13.3. The zero-order chi connectivity index (χ0) is 13.9. The van der Waals surface area contributed by atoms with Crippen molar-refractivity contribution in [1.82, 2.24) is 0 Å². The summed E-state index contributed by atoms with van der Waals surface area (Å²) in [4.78, 5) is 26.7. The largest absolute Gasteiger partial charge is 0.312 e. The van der Waals surface area contributed by atoms with Crippen molar-refractivity contribution in [2.45, 2.75) is 19.3 Å². The number of carbonyl (C=O) groups is 2. The molecule has 0 radical (unpaired) electrons. The molecule has 0 fully saturated rings. The van der Waals surface area contributed by atoms with Gasteiger partial charge >= 0.3 is 0 Å². The molecule has 3 nitrogen and oxygen atoms in total. The molecule has 0 atom stereocenters. The molecule has 1 aliphatic heterocycles. The van der Waals surface area contributed by atoms with E-state index >= 15 is 0 Å². The quantitative estimate of drug-likeness (QED) is 0.808. The average Bonchev–Trinajstić information content (AvgIpc) is 3.13.